The predicted octanol–water partition coefficient (Wildman–Crippen LogP) is 3.51. The van der Waals surface area contributed by atoms with Gasteiger partial charge in [0.15, 0.2) is 5.78 Å². The lowest BCUT2D eigenvalue weighted by Crippen LogP contribution is -2.24. The van der Waals surface area contributed by atoms with Crippen molar-refractivity contribution in [1.29, 1.82) is 0 Å². The smallest absolute Gasteiger partial charge is 0.176 e. The molecule has 0 saturated carbocycles. The van der Waals surface area contributed by atoms with Crippen LogP contribution < -0.4 is 4.74 Å². The van der Waals surface area contributed by atoms with Gasteiger partial charge in [0.05, 0.1) is 11.9 Å². The number of carbonyl (C=O) groups excluding carboxylic acids is 1. The van der Waals surface area contributed by atoms with Crippen molar-refractivity contribution in [1.82, 2.24) is 0 Å². The van der Waals surface area contributed by atoms with Gasteiger partial charge >= 0.3 is 0 Å². The second-order valence-electron chi connectivity index (χ2n) is 4.17. The van der Waals surface area contributed by atoms with Crippen LogP contribution in [0.3, 0.4) is 0 Å². The third-order valence-corrected chi connectivity index (χ3v) is 5.47. The fourth-order valence-corrected chi connectivity index (χ4v) is 4.39. The van der Waals surface area contributed by atoms with Crippen molar-refractivity contribution in [2.75, 3.05) is 23.9 Å². The minimum absolute atomic E-state index is 0.131. The Morgan fingerprint density at radius 3 is 2.72 bits per heavy atom. The minimum Gasteiger partial charge on any atom is -0.494 e. The number of carbonyl (C=O) groups is 1. The molecule has 18 heavy (non-hydrogen) atoms. The summed E-state index contributed by atoms with van der Waals surface area (Å²) in [4.78, 5) is 12.3. The van der Waals surface area contributed by atoms with Gasteiger partial charge in [0.25, 0.3) is 0 Å². The summed E-state index contributed by atoms with van der Waals surface area (Å²) in [6, 6.07) is 7.55. The average Bonchev–Trinajstić information content (AvgIpc) is 2.46. The zero-order valence-corrected chi connectivity index (χ0v) is 12.2. The number of benzene rings is 1. The summed E-state index contributed by atoms with van der Waals surface area (Å²) in [5.41, 5.74) is 0.804. The summed E-state index contributed by atoms with van der Waals surface area (Å²) in [5, 5.41) is 0.131. The van der Waals surface area contributed by atoms with Gasteiger partial charge in [0, 0.05) is 22.8 Å². The van der Waals surface area contributed by atoms with E-state index in [0.29, 0.717) is 0 Å². The Labute approximate surface area is 117 Å². The van der Waals surface area contributed by atoms with Crippen molar-refractivity contribution < 1.29 is 9.53 Å². The molecular weight excluding hydrogens is 264 g/mol. The Hall–Kier alpha value is -0.610. The maximum absolute atomic E-state index is 12.3. The molecule has 2 rings (SSSR count). The molecule has 0 radical (unpaired) electrons. The summed E-state index contributed by atoms with van der Waals surface area (Å²) in [7, 11) is 0. The third kappa shape index (κ3) is 3.69. The lowest BCUT2D eigenvalue weighted by molar-refractivity contribution is 0.0995. The summed E-state index contributed by atoms with van der Waals surface area (Å²) in [5.74, 6) is 4.29. The van der Waals surface area contributed by atoms with E-state index < -0.39 is 0 Å². The second kappa shape index (κ2) is 7.10. The molecular formula is C14H18O2S2. The molecule has 0 bridgehead atoms. The van der Waals surface area contributed by atoms with Crippen LogP contribution in [0.15, 0.2) is 24.3 Å². The normalized spacial score (nSPS) is 19.5. The zero-order chi connectivity index (χ0) is 12.8. The molecule has 1 aliphatic rings. The fourth-order valence-electron chi connectivity index (χ4n) is 1.76. The van der Waals surface area contributed by atoms with Gasteiger partial charge < -0.3 is 4.74 Å². The Kier molecular flexibility index (Phi) is 5.45. The number of hydrogen-bond acceptors (Lipinski definition) is 4. The van der Waals surface area contributed by atoms with Crippen molar-refractivity contribution in [3.8, 4) is 5.75 Å². The van der Waals surface area contributed by atoms with Crippen molar-refractivity contribution >= 4 is 29.3 Å². The van der Waals surface area contributed by atoms with Crippen LogP contribution in [0.2, 0.25) is 0 Å². The van der Waals surface area contributed by atoms with Gasteiger partial charge in [-0.15, -0.1) is 11.8 Å². The van der Waals surface area contributed by atoms with Gasteiger partial charge in [-0.1, -0.05) is 6.92 Å². The van der Waals surface area contributed by atoms with Crippen LogP contribution in [-0.4, -0.2) is 34.9 Å². The summed E-state index contributed by atoms with van der Waals surface area (Å²) >= 11 is 3.66. The van der Waals surface area contributed by atoms with Gasteiger partial charge in [-0.2, -0.15) is 11.8 Å². The number of hydrogen-bond donors (Lipinski definition) is 0. The van der Waals surface area contributed by atoms with E-state index in [1.807, 2.05) is 36.0 Å². The highest BCUT2D eigenvalue weighted by Gasteiger charge is 2.23. The summed E-state index contributed by atoms with van der Waals surface area (Å²) in [6.45, 7) is 2.80. The molecule has 1 unspecified atom stereocenters. The first kappa shape index (κ1) is 13.8. The molecule has 0 aliphatic carbocycles. The molecule has 0 amide bonds. The van der Waals surface area contributed by atoms with Gasteiger partial charge in [0.2, 0.25) is 0 Å². The van der Waals surface area contributed by atoms with Crippen molar-refractivity contribution in [3.63, 3.8) is 0 Å². The van der Waals surface area contributed by atoms with Crippen LogP contribution in [-0.2, 0) is 0 Å². The fraction of sp³-hybridized carbons (Fsp3) is 0.500. The lowest BCUT2D eigenvalue weighted by atomic mass is 10.1. The SMILES string of the molecule is CCCOc1ccc(C(=O)C2CSCCS2)cc1. The molecule has 1 aromatic carbocycles. The quantitative estimate of drug-likeness (QED) is 0.772. The van der Waals surface area contributed by atoms with Crippen LogP contribution in [0.1, 0.15) is 23.7 Å². The van der Waals surface area contributed by atoms with Gasteiger partial charge in [-0.05, 0) is 30.7 Å². The van der Waals surface area contributed by atoms with Crippen molar-refractivity contribution in [2.24, 2.45) is 0 Å². The predicted molar refractivity (Wildman–Crippen MR) is 80.1 cm³/mol. The Bertz CT molecular complexity index is 383. The molecule has 1 aliphatic heterocycles. The molecule has 0 aromatic heterocycles. The van der Waals surface area contributed by atoms with Crippen LogP contribution in [0.25, 0.3) is 0 Å². The van der Waals surface area contributed by atoms with Gasteiger partial charge in [0.1, 0.15) is 5.75 Å². The largest absolute Gasteiger partial charge is 0.494 e. The lowest BCUT2D eigenvalue weighted by Gasteiger charge is -2.19. The highest BCUT2D eigenvalue weighted by molar-refractivity contribution is 8.07. The molecule has 1 heterocycles. The minimum atomic E-state index is 0.131. The standard InChI is InChI=1S/C14H18O2S2/c1-2-7-16-12-5-3-11(4-6-12)14(15)13-10-17-8-9-18-13/h3-6,13H,2,7-10H2,1H3. The van der Waals surface area contributed by atoms with Gasteiger partial charge in [-0.25, -0.2) is 0 Å². The van der Waals surface area contributed by atoms with Gasteiger partial charge in [-0.3, -0.25) is 4.79 Å². The molecule has 0 N–H and O–H groups in total. The Balaban J connectivity index is 1.97. The summed E-state index contributed by atoms with van der Waals surface area (Å²) < 4.78 is 5.51. The van der Waals surface area contributed by atoms with Crippen LogP contribution in [0.5, 0.6) is 5.75 Å². The molecule has 4 heteroatoms. The monoisotopic (exact) mass is 282 g/mol. The average molecular weight is 282 g/mol. The first-order valence-electron chi connectivity index (χ1n) is 6.27. The van der Waals surface area contributed by atoms with Crippen LogP contribution in [0, 0.1) is 0 Å². The van der Waals surface area contributed by atoms with E-state index in [0.717, 1.165) is 41.6 Å². The molecule has 1 aromatic rings. The topological polar surface area (TPSA) is 26.3 Å². The summed E-state index contributed by atoms with van der Waals surface area (Å²) in [6.07, 6.45) is 0.997. The van der Waals surface area contributed by atoms with Crippen molar-refractivity contribution in [3.05, 3.63) is 29.8 Å². The first-order chi connectivity index (χ1) is 8.81. The highest BCUT2D eigenvalue weighted by atomic mass is 32.2. The zero-order valence-electron chi connectivity index (χ0n) is 10.6. The van der Waals surface area contributed by atoms with E-state index in [-0.39, 0.29) is 11.0 Å². The maximum atomic E-state index is 12.3. The van der Waals surface area contributed by atoms with Crippen molar-refractivity contribution in [2.45, 2.75) is 18.6 Å². The van der Waals surface area contributed by atoms with Crippen LogP contribution >= 0.6 is 23.5 Å². The molecule has 2 nitrogen and oxygen atoms in total. The maximum Gasteiger partial charge on any atom is 0.176 e. The first-order valence-corrected chi connectivity index (χ1v) is 8.48. The Morgan fingerprint density at radius 2 is 2.11 bits per heavy atom. The van der Waals surface area contributed by atoms with E-state index in [2.05, 4.69) is 6.92 Å². The van der Waals surface area contributed by atoms with E-state index in [1.165, 1.54) is 0 Å². The molecule has 1 fully saturated rings. The highest BCUT2D eigenvalue weighted by Crippen LogP contribution is 2.27. The van der Waals surface area contributed by atoms with E-state index in [1.54, 1.807) is 11.8 Å². The second-order valence-corrected chi connectivity index (χ2v) is 6.63. The number of ether oxygens (including phenoxy) is 1. The van der Waals surface area contributed by atoms with E-state index in [9.17, 15) is 4.79 Å². The number of thioether (sulfide) groups is 2. The molecule has 1 saturated heterocycles. The number of Topliss-reactive ketones (excluding diaryl/α,β-unsaturated/α-hetero) is 1. The Morgan fingerprint density at radius 1 is 1.33 bits per heavy atom. The molecule has 98 valence electrons. The third-order valence-electron chi connectivity index (χ3n) is 2.72. The number of ketones is 1. The van der Waals surface area contributed by atoms with E-state index >= 15 is 0 Å². The number of rotatable bonds is 5. The molecule has 1 atom stereocenters. The van der Waals surface area contributed by atoms with E-state index in [4.69, 9.17) is 4.74 Å². The van der Waals surface area contributed by atoms with Crippen LogP contribution in [0.4, 0.5) is 0 Å². The molecule has 0 spiro atoms.